The predicted octanol–water partition coefficient (Wildman–Crippen LogP) is 4.38. The number of aromatic nitrogens is 1. The van der Waals surface area contributed by atoms with Gasteiger partial charge in [-0.3, -0.25) is 19.2 Å². The van der Waals surface area contributed by atoms with Crippen LogP contribution in [-0.4, -0.2) is 58.1 Å². The van der Waals surface area contributed by atoms with Crippen LogP contribution in [-0.2, 0) is 19.2 Å². The fraction of sp³-hybridized carbons (Fsp3) is 0.594. The van der Waals surface area contributed by atoms with Crippen LogP contribution in [0.1, 0.15) is 73.1 Å². The van der Waals surface area contributed by atoms with E-state index >= 15 is 0 Å². The summed E-state index contributed by atoms with van der Waals surface area (Å²) in [4.78, 5) is 59.2. The molecule has 3 amide bonds. The molecule has 4 N–H and O–H groups in total. The van der Waals surface area contributed by atoms with E-state index < -0.39 is 41.1 Å². The Hall–Kier alpha value is -3.27. The van der Waals surface area contributed by atoms with Crippen LogP contribution in [0.25, 0.3) is 11.3 Å². The highest BCUT2D eigenvalue weighted by molar-refractivity contribution is 7.14. The van der Waals surface area contributed by atoms with Crippen molar-refractivity contribution in [2.75, 3.05) is 11.9 Å². The molecule has 2 saturated carbocycles. The Morgan fingerprint density at radius 2 is 1.81 bits per heavy atom. The first-order valence-electron chi connectivity index (χ1n) is 14.9. The average Bonchev–Trinajstić information content (AvgIpc) is 3.27. The summed E-state index contributed by atoms with van der Waals surface area (Å²) in [7, 11) is 0. The topological polar surface area (TPSA) is 134 Å². The molecular formula is C32H43N5O4S. The normalized spacial score (nSPS) is 24.5. The third-order valence-electron chi connectivity index (χ3n) is 9.73. The minimum atomic E-state index is -1.05. The van der Waals surface area contributed by atoms with Crippen molar-refractivity contribution < 1.29 is 19.2 Å². The number of hydrogen-bond acceptors (Lipinski definition) is 7. The van der Waals surface area contributed by atoms with E-state index in [0.717, 1.165) is 36.9 Å². The quantitative estimate of drug-likeness (QED) is 0.350. The van der Waals surface area contributed by atoms with Crippen molar-refractivity contribution in [3.05, 3.63) is 35.7 Å². The molecule has 4 atom stereocenters. The van der Waals surface area contributed by atoms with Crippen LogP contribution in [0, 0.1) is 22.2 Å². The first-order chi connectivity index (χ1) is 19.7. The second-order valence-corrected chi connectivity index (χ2v) is 15.1. The van der Waals surface area contributed by atoms with Crippen LogP contribution < -0.4 is 16.4 Å². The Balaban J connectivity index is 1.38. The van der Waals surface area contributed by atoms with Crippen molar-refractivity contribution in [1.82, 2.24) is 15.2 Å². The van der Waals surface area contributed by atoms with E-state index in [-0.39, 0.29) is 22.7 Å². The minimum Gasteiger partial charge on any atom is -0.363 e. The number of nitrogens with two attached hydrogens (primary N) is 1. The Morgan fingerprint density at radius 1 is 1.14 bits per heavy atom. The first kappa shape index (κ1) is 30.2. The molecule has 1 saturated heterocycles. The van der Waals surface area contributed by atoms with E-state index in [1.54, 1.807) is 4.90 Å². The molecule has 226 valence electrons. The third-order valence-corrected chi connectivity index (χ3v) is 10.5. The van der Waals surface area contributed by atoms with E-state index in [9.17, 15) is 19.2 Å². The molecule has 1 aromatic carbocycles. The lowest BCUT2D eigenvalue weighted by molar-refractivity contribution is -0.142. The van der Waals surface area contributed by atoms with Crippen molar-refractivity contribution in [2.24, 2.45) is 27.9 Å². The van der Waals surface area contributed by atoms with Crippen molar-refractivity contribution in [3.63, 3.8) is 0 Å². The fourth-order valence-electron chi connectivity index (χ4n) is 6.62. The highest BCUT2D eigenvalue weighted by Crippen LogP contribution is 2.69. The zero-order valence-corrected chi connectivity index (χ0v) is 26.1. The van der Waals surface area contributed by atoms with Gasteiger partial charge in [-0.2, -0.15) is 0 Å². The molecular weight excluding hydrogens is 550 g/mol. The highest BCUT2D eigenvalue weighted by Gasteiger charge is 2.67. The molecule has 1 aromatic heterocycles. The zero-order chi connectivity index (χ0) is 30.4. The van der Waals surface area contributed by atoms with E-state index in [4.69, 9.17) is 10.7 Å². The van der Waals surface area contributed by atoms with Crippen molar-refractivity contribution in [2.45, 2.75) is 91.3 Å². The third kappa shape index (κ3) is 5.96. The Kier molecular flexibility index (Phi) is 7.98. The molecule has 1 aliphatic heterocycles. The molecule has 10 heteroatoms. The SMILES string of the molecule is CC(C)(C)[C@H](Nc1nc(-c2ccccc2)cs1)C(=O)N1C[C@]2(C[C@H]1C(=O)NC(CC1CCC1)C(=O)C(N)=O)CC2(C)C. The lowest BCUT2D eigenvalue weighted by Gasteiger charge is -2.36. The summed E-state index contributed by atoms with van der Waals surface area (Å²) in [6.07, 6.45) is 4.83. The molecule has 3 aliphatic rings. The van der Waals surface area contributed by atoms with Crippen LogP contribution in [0.2, 0.25) is 0 Å². The smallest absolute Gasteiger partial charge is 0.287 e. The maximum Gasteiger partial charge on any atom is 0.287 e. The first-order valence-corrected chi connectivity index (χ1v) is 15.8. The van der Waals surface area contributed by atoms with E-state index in [0.29, 0.717) is 24.5 Å². The molecule has 1 spiro atoms. The number of Topliss-reactive ketones (excluding diaryl/α,β-unsaturated/α-hetero) is 1. The number of thiazole rings is 1. The number of nitrogens with zero attached hydrogens (tertiary/aromatic N) is 2. The number of hydrogen-bond donors (Lipinski definition) is 3. The lowest BCUT2D eigenvalue weighted by Crippen LogP contribution is -2.56. The Labute approximate surface area is 252 Å². The summed E-state index contributed by atoms with van der Waals surface area (Å²) in [6, 6.07) is 7.52. The van der Waals surface area contributed by atoms with Gasteiger partial charge < -0.3 is 21.3 Å². The molecule has 42 heavy (non-hydrogen) atoms. The van der Waals surface area contributed by atoms with Gasteiger partial charge in [0, 0.05) is 17.5 Å². The number of carbonyl (C=O) groups is 4. The van der Waals surface area contributed by atoms with Crippen molar-refractivity contribution in [1.29, 1.82) is 0 Å². The second kappa shape index (κ2) is 11.1. The molecule has 2 aliphatic carbocycles. The van der Waals surface area contributed by atoms with Crippen LogP contribution in [0.15, 0.2) is 35.7 Å². The van der Waals surface area contributed by atoms with Crippen LogP contribution in [0.4, 0.5) is 5.13 Å². The second-order valence-electron chi connectivity index (χ2n) is 14.2. The molecule has 3 fully saturated rings. The largest absolute Gasteiger partial charge is 0.363 e. The van der Waals surface area contributed by atoms with Gasteiger partial charge in [-0.25, -0.2) is 4.98 Å². The van der Waals surface area contributed by atoms with Gasteiger partial charge in [-0.15, -0.1) is 11.3 Å². The number of primary amides is 1. The molecule has 9 nitrogen and oxygen atoms in total. The average molecular weight is 594 g/mol. The van der Waals surface area contributed by atoms with Gasteiger partial charge in [0.1, 0.15) is 12.1 Å². The molecule has 5 rings (SSSR count). The molecule has 0 radical (unpaired) electrons. The van der Waals surface area contributed by atoms with Gasteiger partial charge in [0.25, 0.3) is 5.91 Å². The van der Waals surface area contributed by atoms with Crippen molar-refractivity contribution >= 4 is 40.0 Å². The van der Waals surface area contributed by atoms with E-state index in [2.05, 4.69) is 24.5 Å². The fourth-order valence-corrected chi connectivity index (χ4v) is 7.37. The molecule has 2 heterocycles. The summed E-state index contributed by atoms with van der Waals surface area (Å²) in [6.45, 7) is 10.8. The summed E-state index contributed by atoms with van der Waals surface area (Å²) in [5.74, 6) is -2.11. The molecule has 1 unspecified atom stereocenters. The number of benzene rings is 1. The molecule has 0 bridgehead atoms. The standard InChI is InChI=1S/C32H43N5O4S/c1-30(2,3)25(36-29-35-22(16-42-29)20-12-7-6-8-13-20)28(41)37-18-32(17-31(32,4)5)15-23(37)27(40)34-21(24(38)26(33)39)14-19-10-9-11-19/h6-8,12-13,16,19,21,23,25H,9-11,14-15,17-18H2,1-5H3,(H2,33,39)(H,34,40)(H,35,36)/t21?,23-,25+,32-/m0/s1. The minimum absolute atomic E-state index is 0.000510. The van der Waals surface area contributed by atoms with Crippen molar-refractivity contribution in [3.8, 4) is 11.3 Å². The summed E-state index contributed by atoms with van der Waals surface area (Å²) >= 11 is 1.44. The maximum absolute atomic E-state index is 14.4. The Morgan fingerprint density at radius 3 is 2.36 bits per heavy atom. The predicted molar refractivity (Wildman–Crippen MR) is 163 cm³/mol. The summed E-state index contributed by atoms with van der Waals surface area (Å²) in [5.41, 5.74) is 6.53. The number of ketones is 1. The number of anilines is 1. The Bertz CT molecular complexity index is 1360. The number of amides is 3. The lowest BCUT2D eigenvalue weighted by atomic mass is 9.80. The van der Waals surface area contributed by atoms with Crippen LogP contribution in [0.5, 0.6) is 0 Å². The van der Waals surface area contributed by atoms with E-state index in [1.165, 1.54) is 11.3 Å². The van der Waals surface area contributed by atoms with Gasteiger partial charge in [-0.1, -0.05) is 84.2 Å². The zero-order valence-electron chi connectivity index (χ0n) is 25.2. The summed E-state index contributed by atoms with van der Waals surface area (Å²) < 4.78 is 0. The number of carbonyl (C=O) groups excluding carboxylic acids is 4. The molecule has 2 aromatic rings. The maximum atomic E-state index is 14.4. The van der Waals surface area contributed by atoms with Gasteiger partial charge in [0.2, 0.25) is 17.6 Å². The number of rotatable bonds is 10. The van der Waals surface area contributed by atoms with Crippen LogP contribution >= 0.6 is 11.3 Å². The van der Waals surface area contributed by atoms with Gasteiger partial charge in [0.15, 0.2) is 5.13 Å². The van der Waals surface area contributed by atoms with Gasteiger partial charge >= 0.3 is 0 Å². The number of likely N-dealkylation sites (tertiary alicyclic amines) is 1. The van der Waals surface area contributed by atoms with Gasteiger partial charge in [0.05, 0.1) is 11.7 Å². The highest BCUT2D eigenvalue weighted by atomic mass is 32.1. The monoisotopic (exact) mass is 593 g/mol. The summed E-state index contributed by atoms with van der Waals surface area (Å²) in [5, 5.41) is 8.85. The van der Waals surface area contributed by atoms with Gasteiger partial charge in [-0.05, 0) is 41.4 Å². The van der Waals surface area contributed by atoms with E-state index in [1.807, 2.05) is 56.5 Å². The van der Waals surface area contributed by atoms with Crippen LogP contribution in [0.3, 0.4) is 0 Å². The number of nitrogens with one attached hydrogen (secondary N) is 2.